The van der Waals surface area contributed by atoms with Crippen LogP contribution in [0, 0.1) is 26.7 Å². The summed E-state index contributed by atoms with van der Waals surface area (Å²) < 4.78 is 28.2. The first-order chi connectivity index (χ1) is 12.3. The molecule has 2 aromatic rings. The van der Waals surface area contributed by atoms with E-state index in [2.05, 4.69) is 4.72 Å². The predicted octanol–water partition coefficient (Wildman–Crippen LogP) is 2.94. The molecule has 1 amide bonds. The largest absolute Gasteiger partial charge is 0.312 e. The van der Waals surface area contributed by atoms with Crippen molar-refractivity contribution < 1.29 is 13.2 Å². The summed E-state index contributed by atoms with van der Waals surface area (Å²) in [6, 6.07) is 13.2. The van der Waals surface area contributed by atoms with Crippen LogP contribution in [0.1, 0.15) is 23.1 Å². The molecule has 26 heavy (non-hydrogen) atoms. The maximum absolute atomic E-state index is 12.8. The van der Waals surface area contributed by atoms with Gasteiger partial charge in [-0.3, -0.25) is 4.79 Å². The Labute approximate surface area is 155 Å². The molecule has 0 aromatic heterocycles. The van der Waals surface area contributed by atoms with E-state index in [0.717, 1.165) is 22.4 Å². The van der Waals surface area contributed by atoms with Crippen molar-refractivity contribution in [3.63, 3.8) is 0 Å². The Morgan fingerprint density at radius 3 is 2.31 bits per heavy atom. The number of hydrogen-bond donors (Lipinski definition) is 1. The van der Waals surface area contributed by atoms with E-state index in [-0.39, 0.29) is 18.4 Å². The van der Waals surface area contributed by atoms with Crippen LogP contribution in [0.4, 0.5) is 5.69 Å². The van der Waals surface area contributed by atoms with Gasteiger partial charge in [0.1, 0.15) is 0 Å². The summed E-state index contributed by atoms with van der Waals surface area (Å²) >= 11 is 0. The summed E-state index contributed by atoms with van der Waals surface area (Å²) in [5.41, 5.74) is 3.37. The molecular weight excluding hydrogens is 348 g/mol. The van der Waals surface area contributed by atoms with Gasteiger partial charge in [-0.2, -0.15) is 0 Å². The molecule has 1 fully saturated rings. The number of rotatable bonds is 5. The third-order valence-corrected chi connectivity index (χ3v) is 6.44. The normalized spacial score (nSPS) is 17.7. The van der Waals surface area contributed by atoms with Gasteiger partial charge < -0.3 is 4.90 Å². The molecule has 1 heterocycles. The van der Waals surface area contributed by atoms with Crippen molar-refractivity contribution in [1.29, 1.82) is 0 Å². The lowest BCUT2D eigenvalue weighted by Crippen LogP contribution is -2.32. The van der Waals surface area contributed by atoms with Crippen LogP contribution in [0.3, 0.4) is 0 Å². The van der Waals surface area contributed by atoms with Gasteiger partial charge in [0.05, 0.1) is 4.90 Å². The Kier molecular flexibility index (Phi) is 5.16. The number of nitrogens with zero attached hydrogens (tertiary/aromatic N) is 1. The van der Waals surface area contributed by atoms with E-state index in [4.69, 9.17) is 0 Å². The van der Waals surface area contributed by atoms with Crippen LogP contribution in [-0.2, 0) is 14.8 Å². The number of hydrogen-bond acceptors (Lipinski definition) is 3. The zero-order valence-electron chi connectivity index (χ0n) is 15.3. The minimum absolute atomic E-state index is 0.0306. The number of benzene rings is 2. The molecule has 1 saturated heterocycles. The topological polar surface area (TPSA) is 66.5 Å². The molecule has 1 aliphatic rings. The summed E-state index contributed by atoms with van der Waals surface area (Å²) in [7, 11) is -3.61. The molecule has 3 rings (SSSR count). The van der Waals surface area contributed by atoms with Gasteiger partial charge in [-0.1, -0.05) is 35.9 Å². The number of carbonyl (C=O) groups excluding carboxylic acids is 1. The zero-order chi connectivity index (χ0) is 18.9. The summed E-state index contributed by atoms with van der Waals surface area (Å²) in [6.45, 7) is 6.35. The van der Waals surface area contributed by atoms with E-state index in [1.54, 1.807) is 4.90 Å². The fraction of sp³-hybridized carbons (Fsp3) is 0.350. The van der Waals surface area contributed by atoms with Gasteiger partial charge in [0.25, 0.3) is 0 Å². The van der Waals surface area contributed by atoms with Crippen LogP contribution in [0.25, 0.3) is 0 Å². The van der Waals surface area contributed by atoms with Crippen LogP contribution in [0.5, 0.6) is 0 Å². The average molecular weight is 372 g/mol. The maximum Gasteiger partial charge on any atom is 0.241 e. The molecule has 0 spiro atoms. The van der Waals surface area contributed by atoms with Crippen LogP contribution in [0.2, 0.25) is 0 Å². The molecule has 138 valence electrons. The van der Waals surface area contributed by atoms with Crippen LogP contribution in [-0.4, -0.2) is 27.4 Å². The van der Waals surface area contributed by atoms with Crippen LogP contribution in [0.15, 0.2) is 47.4 Å². The monoisotopic (exact) mass is 372 g/mol. The quantitative estimate of drug-likeness (QED) is 0.877. The number of anilines is 1. The molecule has 0 unspecified atom stereocenters. The number of aryl methyl sites for hydroxylation is 3. The molecule has 2 aromatic carbocycles. The van der Waals surface area contributed by atoms with Crippen LogP contribution >= 0.6 is 0 Å². The van der Waals surface area contributed by atoms with Crippen molar-refractivity contribution in [2.75, 3.05) is 18.0 Å². The van der Waals surface area contributed by atoms with Crippen molar-refractivity contribution >= 4 is 21.6 Å². The molecule has 0 bridgehead atoms. The molecule has 0 aliphatic carbocycles. The number of sulfonamides is 1. The second-order valence-electron chi connectivity index (χ2n) is 6.99. The van der Waals surface area contributed by atoms with E-state index < -0.39 is 10.0 Å². The minimum Gasteiger partial charge on any atom is -0.312 e. The Hall–Kier alpha value is -2.18. The average Bonchev–Trinajstić information content (AvgIpc) is 2.93. The number of nitrogens with one attached hydrogen (secondary N) is 1. The van der Waals surface area contributed by atoms with Crippen molar-refractivity contribution in [1.82, 2.24) is 4.72 Å². The number of amides is 1. The van der Waals surface area contributed by atoms with Gasteiger partial charge in [-0.25, -0.2) is 13.1 Å². The van der Waals surface area contributed by atoms with Crippen molar-refractivity contribution in [2.45, 2.75) is 32.1 Å². The smallest absolute Gasteiger partial charge is 0.241 e. The summed E-state index contributed by atoms with van der Waals surface area (Å²) in [5, 5.41) is 0. The van der Waals surface area contributed by atoms with Crippen molar-refractivity contribution in [2.24, 2.45) is 5.92 Å². The minimum atomic E-state index is -3.61. The van der Waals surface area contributed by atoms with E-state index in [0.29, 0.717) is 17.9 Å². The van der Waals surface area contributed by atoms with Gasteiger partial charge in [-0.15, -0.1) is 0 Å². The van der Waals surface area contributed by atoms with E-state index in [9.17, 15) is 13.2 Å². The SMILES string of the molecule is Cc1cc(C)c(S(=O)(=O)NC[C@H]2CC(=O)N(c3ccccc3)C2)c(C)c1. The molecule has 5 nitrogen and oxygen atoms in total. The van der Waals surface area contributed by atoms with Crippen molar-refractivity contribution in [3.8, 4) is 0 Å². The summed E-state index contributed by atoms with van der Waals surface area (Å²) in [5.74, 6) is -0.00774. The zero-order valence-corrected chi connectivity index (χ0v) is 16.1. The highest BCUT2D eigenvalue weighted by atomic mass is 32.2. The molecule has 1 aliphatic heterocycles. The van der Waals surface area contributed by atoms with Gasteiger partial charge in [0.15, 0.2) is 0 Å². The lowest BCUT2D eigenvalue weighted by atomic mass is 10.1. The predicted molar refractivity (Wildman–Crippen MR) is 103 cm³/mol. The molecule has 6 heteroatoms. The van der Waals surface area contributed by atoms with Gasteiger partial charge >= 0.3 is 0 Å². The highest BCUT2D eigenvalue weighted by Gasteiger charge is 2.31. The van der Waals surface area contributed by atoms with Gasteiger partial charge in [0.2, 0.25) is 15.9 Å². The standard InChI is InChI=1S/C20H24N2O3S/c1-14-9-15(2)20(16(3)10-14)26(24,25)21-12-17-11-19(23)22(13-17)18-7-5-4-6-8-18/h4-10,17,21H,11-13H2,1-3H3/t17-/m1/s1. The Balaban J connectivity index is 1.71. The summed E-state index contributed by atoms with van der Waals surface area (Å²) in [4.78, 5) is 14.3. The van der Waals surface area contributed by atoms with E-state index in [1.165, 1.54) is 0 Å². The first-order valence-corrected chi connectivity index (χ1v) is 10.2. The van der Waals surface area contributed by atoms with Crippen LogP contribution < -0.4 is 9.62 Å². The van der Waals surface area contributed by atoms with Crippen molar-refractivity contribution in [3.05, 3.63) is 59.2 Å². The number of para-hydroxylation sites is 1. The summed E-state index contributed by atoms with van der Waals surface area (Å²) in [6.07, 6.45) is 0.350. The maximum atomic E-state index is 12.8. The molecule has 1 atom stereocenters. The van der Waals surface area contributed by atoms with E-state index >= 15 is 0 Å². The molecule has 0 radical (unpaired) electrons. The highest BCUT2D eigenvalue weighted by Crippen LogP contribution is 2.26. The lowest BCUT2D eigenvalue weighted by Gasteiger charge is -2.17. The fourth-order valence-corrected chi connectivity index (χ4v) is 5.23. The second kappa shape index (κ2) is 7.21. The van der Waals surface area contributed by atoms with Gasteiger partial charge in [0, 0.05) is 25.2 Å². The third kappa shape index (κ3) is 3.81. The highest BCUT2D eigenvalue weighted by molar-refractivity contribution is 7.89. The first-order valence-electron chi connectivity index (χ1n) is 8.71. The lowest BCUT2D eigenvalue weighted by molar-refractivity contribution is -0.117. The first kappa shape index (κ1) is 18.6. The number of carbonyl (C=O) groups is 1. The van der Waals surface area contributed by atoms with E-state index in [1.807, 2.05) is 63.2 Å². The second-order valence-corrected chi connectivity index (χ2v) is 8.69. The Bertz CT molecular complexity index is 900. The fourth-order valence-electron chi connectivity index (χ4n) is 3.67. The third-order valence-electron chi connectivity index (χ3n) is 4.71. The Morgan fingerprint density at radius 2 is 1.69 bits per heavy atom. The molecule has 0 saturated carbocycles. The molecule has 1 N–H and O–H groups in total. The Morgan fingerprint density at radius 1 is 1.08 bits per heavy atom. The molecular formula is C20H24N2O3S. The van der Waals surface area contributed by atoms with Gasteiger partial charge in [-0.05, 0) is 49.9 Å².